The van der Waals surface area contributed by atoms with Crippen LogP contribution in [-0.2, 0) is 19.6 Å². The number of amides is 3. The van der Waals surface area contributed by atoms with Gasteiger partial charge in [0.15, 0.2) is 0 Å². The summed E-state index contributed by atoms with van der Waals surface area (Å²) in [6.45, 7) is 7.30. The molecule has 15 heteroatoms. The number of aliphatic hydroxyl groups is 1. The standard InChI is InChI=1S/C28H38BClN4O8S/c1-16(2)23(28(38)34-15-5-6-22(34)27(37)32-24(17(3)4)29(39)40)31-25(35)18-7-9-19(10-8-18)26(36)33-43(41,42)21-13-11-20(30)12-14-21/h7-14,16-17,22-24,26,33,36,39-40H,5-6,15H2,1-4H3,(H,31,35)(H,32,37)/t22-,23-,24-,26?/m0/s1. The summed E-state index contributed by atoms with van der Waals surface area (Å²) < 4.78 is 27.3. The fraction of sp³-hybridized carbons (Fsp3) is 0.464. The van der Waals surface area contributed by atoms with Crippen LogP contribution < -0.4 is 15.4 Å². The van der Waals surface area contributed by atoms with E-state index in [1.807, 2.05) is 0 Å². The molecule has 12 nitrogen and oxygen atoms in total. The van der Waals surface area contributed by atoms with E-state index in [1.165, 1.54) is 53.4 Å². The number of hydrogen-bond donors (Lipinski definition) is 6. The molecule has 1 unspecified atom stereocenters. The Labute approximate surface area is 257 Å². The van der Waals surface area contributed by atoms with E-state index in [1.54, 1.807) is 27.7 Å². The number of sulfonamides is 1. The van der Waals surface area contributed by atoms with Gasteiger partial charge in [-0.25, -0.2) is 8.42 Å². The van der Waals surface area contributed by atoms with Gasteiger partial charge >= 0.3 is 7.12 Å². The Morgan fingerprint density at radius 2 is 1.56 bits per heavy atom. The number of benzene rings is 2. The quantitative estimate of drug-likeness (QED) is 0.148. The second kappa shape index (κ2) is 14.6. The smallest absolute Gasteiger partial charge is 0.426 e. The van der Waals surface area contributed by atoms with Gasteiger partial charge in [-0.05, 0) is 66.6 Å². The molecule has 0 saturated carbocycles. The molecule has 1 fully saturated rings. The van der Waals surface area contributed by atoms with Crippen LogP contribution in [0.5, 0.6) is 0 Å². The van der Waals surface area contributed by atoms with Crippen molar-refractivity contribution in [2.24, 2.45) is 11.8 Å². The highest BCUT2D eigenvalue weighted by atomic mass is 35.5. The van der Waals surface area contributed by atoms with E-state index >= 15 is 0 Å². The number of aliphatic hydroxyl groups excluding tert-OH is 1. The van der Waals surface area contributed by atoms with Gasteiger partial charge in [0.2, 0.25) is 21.8 Å². The minimum Gasteiger partial charge on any atom is -0.426 e. The zero-order valence-corrected chi connectivity index (χ0v) is 26.0. The number of carbonyl (C=O) groups excluding carboxylic acids is 3. The van der Waals surface area contributed by atoms with Gasteiger partial charge in [-0.3, -0.25) is 14.4 Å². The molecular weight excluding hydrogens is 599 g/mol. The molecule has 4 atom stereocenters. The fourth-order valence-electron chi connectivity index (χ4n) is 4.78. The van der Waals surface area contributed by atoms with E-state index < -0.39 is 59.1 Å². The van der Waals surface area contributed by atoms with Crippen LogP contribution in [0.3, 0.4) is 0 Å². The lowest BCUT2D eigenvalue weighted by atomic mass is 9.73. The Morgan fingerprint density at radius 3 is 2.09 bits per heavy atom. The number of hydrogen-bond acceptors (Lipinski definition) is 8. The predicted octanol–water partition coefficient (Wildman–Crippen LogP) is 1.21. The van der Waals surface area contributed by atoms with Crippen LogP contribution in [0, 0.1) is 11.8 Å². The molecule has 2 aromatic rings. The third-order valence-corrected chi connectivity index (χ3v) is 8.96. The van der Waals surface area contributed by atoms with Crippen molar-refractivity contribution in [1.29, 1.82) is 0 Å². The van der Waals surface area contributed by atoms with Gasteiger partial charge in [0.25, 0.3) is 5.91 Å². The molecule has 0 aliphatic carbocycles. The minimum absolute atomic E-state index is 0.0835. The summed E-state index contributed by atoms with van der Waals surface area (Å²) in [4.78, 5) is 41.0. The topological polar surface area (TPSA) is 185 Å². The molecule has 0 spiro atoms. The Morgan fingerprint density at radius 1 is 0.953 bits per heavy atom. The summed E-state index contributed by atoms with van der Waals surface area (Å²) in [7, 11) is -5.81. The van der Waals surface area contributed by atoms with Gasteiger partial charge in [0.05, 0.1) is 10.8 Å². The molecule has 2 aromatic carbocycles. The molecular formula is C28H38BClN4O8S. The molecule has 1 aliphatic heterocycles. The van der Waals surface area contributed by atoms with E-state index in [9.17, 15) is 38.0 Å². The lowest BCUT2D eigenvalue weighted by Gasteiger charge is -2.32. The van der Waals surface area contributed by atoms with Gasteiger partial charge in [0, 0.05) is 17.1 Å². The molecule has 0 bridgehead atoms. The molecule has 1 heterocycles. The lowest BCUT2D eigenvalue weighted by Crippen LogP contribution is -2.58. The molecule has 1 saturated heterocycles. The first-order chi connectivity index (χ1) is 20.1. The van der Waals surface area contributed by atoms with Crippen LogP contribution in [0.4, 0.5) is 0 Å². The van der Waals surface area contributed by atoms with Crippen molar-refractivity contribution < 1.29 is 38.0 Å². The molecule has 43 heavy (non-hydrogen) atoms. The van der Waals surface area contributed by atoms with E-state index in [4.69, 9.17) is 11.6 Å². The number of rotatable bonds is 12. The van der Waals surface area contributed by atoms with Crippen LogP contribution >= 0.6 is 11.6 Å². The van der Waals surface area contributed by atoms with Crippen molar-refractivity contribution >= 4 is 46.5 Å². The van der Waals surface area contributed by atoms with Gasteiger partial charge in [-0.15, -0.1) is 0 Å². The van der Waals surface area contributed by atoms with Gasteiger partial charge in [0.1, 0.15) is 18.3 Å². The maximum Gasteiger partial charge on any atom is 0.475 e. The number of nitrogens with one attached hydrogen (secondary N) is 3. The van der Waals surface area contributed by atoms with Gasteiger partial charge in [-0.1, -0.05) is 51.4 Å². The first-order valence-electron chi connectivity index (χ1n) is 14.0. The summed E-state index contributed by atoms with van der Waals surface area (Å²) in [5, 5.41) is 35.5. The minimum atomic E-state index is -4.05. The van der Waals surface area contributed by atoms with Gasteiger partial charge in [-0.2, -0.15) is 4.72 Å². The van der Waals surface area contributed by atoms with Crippen molar-refractivity contribution in [3.63, 3.8) is 0 Å². The summed E-state index contributed by atoms with van der Waals surface area (Å²) in [6.07, 6.45) is -0.626. The molecule has 1 aliphatic rings. The van der Waals surface area contributed by atoms with E-state index in [-0.39, 0.29) is 27.9 Å². The fourth-order valence-corrected chi connectivity index (χ4v) is 5.97. The SMILES string of the molecule is CC(C)[C@H](NC(=O)[C@@H]1CCCN1C(=O)[C@@H](NC(=O)c1ccc(C(O)NS(=O)(=O)c2ccc(Cl)cc2)cc1)C(C)C)B(O)O. The van der Waals surface area contributed by atoms with E-state index in [2.05, 4.69) is 15.4 Å². The van der Waals surface area contributed by atoms with Crippen LogP contribution in [0.15, 0.2) is 53.4 Å². The largest absolute Gasteiger partial charge is 0.475 e. The van der Waals surface area contributed by atoms with Crippen molar-refractivity contribution in [3.05, 3.63) is 64.7 Å². The number of carbonyl (C=O) groups is 3. The summed E-state index contributed by atoms with van der Waals surface area (Å²) in [5.41, 5.74) is 0.353. The molecule has 0 radical (unpaired) electrons. The lowest BCUT2D eigenvalue weighted by molar-refractivity contribution is -0.140. The normalized spacial score (nSPS) is 17.4. The molecule has 6 N–H and O–H groups in total. The van der Waals surface area contributed by atoms with E-state index in [0.29, 0.717) is 24.4 Å². The van der Waals surface area contributed by atoms with Crippen LogP contribution in [-0.4, -0.2) is 77.9 Å². The third kappa shape index (κ3) is 8.77. The molecule has 0 aromatic heterocycles. The Balaban J connectivity index is 1.68. The van der Waals surface area contributed by atoms with Crippen LogP contribution in [0.25, 0.3) is 0 Å². The average molecular weight is 637 g/mol. The molecule has 3 amide bonds. The van der Waals surface area contributed by atoms with Gasteiger partial charge < -0.3 is 30.7 Å². The zero-order valence-electron chi connectivity index (χ0n) is 24.4. The monoisotopic (exact) mass is 636 g/mol. The van der Waals surface area contributed by atoms with Crippen molar-refractivity contribution in [2.75, 3.05) is 6.54 Å². The zero-order chi connectivity index (χ0) is 32.1. The third-order valence-electron chi connectivity index (χ3n) is 7.29. The van der Waals surface area contributed by atoms with Crippen molar-refractivity contribution in [2.45, 2.75) is 69.7 Å². The highest BCUT2D eigenvalue weighted by Gasteiger charge is 2.40. The summed E-state index contributed by atoms with van der Waals surface area (Å²) in [6, 6.07) is 9.21. The highest BCUT2D eigenvalue weighted by Crippen LogP contribution is 2.22. The second-order valence-corrected chi connectivity index (χ2v) is 13.3. The van der Waals surface area contributed by atoms with Crippen molar-refractivity contribution in [1.82, 2.24) is 20.3 Å². The molecule has 234 valence electrons. The number of nitrogens with zero attached hydrogens (tertiary/aromatic N) is 1. The summed E-state index contributed by atoms with van der Waals surface area (Å²) in [5.74, 6) is -2.99. The first kappa shape index (κ1) is 34.5. The summed E-state index contributed by atoms with van der Waals surface area (Å²) >= 11 is 5.81. The first-order valence-corrected chi connectivity index (χ1v) is 15.8. The number of likely N-dealkylation sites (tertiary alicyclic amines) is 1. The number of halogens is 1. The Bertz CT molecular complexity index is 1380. The molecule has 3 rings (SSSR count). The Hall–Kier alpha value is -3.01. The van der Waals surface area contributed by atoms with Crippen LogP contribution in [0.2, 0.25) is 5.02 Å². The van der Waals surface area contributed by atoms with Crippen LogP contribution in [0.1, 0.15) is 62.7 Å². The Kier molecular flexibility index (Phi) is 11.7. The van der Waals surface area contributed by atoms with Crippen molar-refractivity contribution in [3.8, 4) is 0 Å². The average Bonchev–Trinajstić information content (AvgIpc) is 3.44. The maximum atomic E-state index is 13.6. The predicted molar refractivity (Wildman–Crippen MR) is 161 cm³/mol. The maximum absolute atomic E-state index is 13.6. The second-order valence-electron chi connectivity index (χ2n) is 11.2. The van der Waals surface area contributed by atoms with E-state index in [0.717, 1.165) is 0 Å². The highest BCUT2D eigenvalue weighted by molar-refractivity contribution is 7.89.